The predicted molar refractivity (Wildman–Crippen MR) is 65.0 cm³/mol. The van der Waals surface area contributed by atoms with Crippen LogP contribution in [0.2, 0.25) is 0 Å². The van der Waals surface area contributed by atoms with Gasteiger partial charge in [-0.15, -0.1) is 0 Å². The number of nitrogens with zero attached hydrogens (tertiary/aromatic N) is 2. The van der Waals surface area contributed by atoms with E-state index in [0.29, 0.717) is 32.8 Å². The number of rotatable bonds is 5. The summed E-state index contributed by atoms with van der Waals surface area (Å²) >= 11 is 0. The number of morpholine rings is 1. The maximum Gasteiger partial charge on any atom is 0.332 e. The van der Waals surface area contributed by atoms with Crippen molar-refractivity contribution in [2.24, 2.45) is 0 Å². The van der Waals surface area contributed by atoms with Crippen LogP contribution < -0.4 is 5.43 Å². The van der Waals surface area contributed by atoms with Gasteiger partial charge in [0, 0.05) is 25.7 Å². The largest absolute Gasteiger partial charge is 0.481 e. The third-order valence-electron chi connectivity index (χ3n) is 2.87. The van der Waals surface area contributed by atoms with Crippen LogP contribution in [-0.4, -0.2) is 65.9 Å². The lowest BCUT2D eigenvalue weighted by atomic mass is 10.2. The number of aliphatic carboxylic acids is 1. The van der Waals surface area contributed by atoms with E-state index < -0.39 is 5.97 Å². The van der Waals surface area contributed by atoms with Crippen LogP contribution >= 0.6 is 0 Å². The van der Waals surface area contributed by atoms with E-state index in [1.165, 1.54) is 4.90 Å². The number of amides is 2. The minimum atomic E-state index is -0.903. The summed E-state index contributed by atoms with van der Waals surface area (Å²) in [6.07, 6.45) is -0.0512. The van der Waals surface area contributed by atoms with Gasteiger partial charge in [-0.3, -0.25) is 10.2 Å². The van der Waals surface area contributed by atoms with Crippen molar-refractivity contribution in [3.05, 3.63) is 0 Å². The van der Waals surface area contributed by atoms with Gasteiger partial charge in [-0.1, -0.05) is 0 Å². The second kappa shape index (κ2) is 7.17. The minimum Gasteiger partial charge on any atom is -0.481 e. The first-order valence-electron chi connectivity index (χ1n) is 6.16. The summed E-state index contributed by atoms with van der Waals surface area (Å²) in [5.41, 5.74) is 2.77. The second-order valence-corrected chi connectivity index (χ2v) is 4.25. The molecule has 1 unspecified atom stereocenters. The Hall–Kier alpha value is -1.34. The fraction of sp³-hybridized carbons (Fsp3) is 0.818. The molecule has 1 saturated heterocycles. The molecule has 0 spiro atoms. The van der Waals surface area contributed by atoms with E-state index in [1.807, 2.05) is 6.92 Å². The van der Waals surface area contributed by atoms with Crippen molar-refractivity contribution in [3.63, 3.8) is 0 Å². The Morgan fingerprint density at radius 2 is 2.06 bits per heavy atom. The van der Waals surface area contributed by atoms with Gasteiger partial charge in [-0.2, -0.15) is 0 Å². The first-order chi connectivity index (χ1) is 8.54. The molecule has 0 radical (unpaired) electrons. The third kappa shape index (κ3) is 4.50. The highest BCUT2D eigenvalue weighted by atomic mass is 16.5. The van der Waals surface area contributed by atoms with Gasteiger partial charge in [0.1, 0.15) is 0 Å². The van der Waals surface area contributed by atoms with Crippen molar-refractivity contribution >= 4 is 12.0 Å². The Kier molecular flexibility index (Phi) is 5.87. The predicted octanol–water partition coefficient (Wildman–Crippen LogP) is 0.128. The molecule has 1 rings (SSSR count). The molecule has 0 aromatic heterocycles. The van der Waals surface area contributed by atoms with E-state index in [2.05, 4.69) is 5.43 Å². The molecule has 1 heterocycles. The van der Waals surface area contributed by atoms with Crippen LogP contribution in [0.4, 0.5) is 4.79 Å². The molecule has 0 aliphatic carbocycles. The Bertz CT molecular complexity index is 292. The first-order valence-corrected chi connectivity index (χ1v) is 6.16. The number of urea groups is 1. The number of hydrogen-bond donors (Lipinski definition) is 2. The van der Waals surface area contributed by atoms with Crippen LogP contribution in [0.1, 0.15) is 20.3 Å². The van der Waals surface area contributed by atoms with Gasteiger partial charge in [0.2, 0.25) is 0 Å². The van der Waals surface area contributed by atoms with E-state index in [0.717, 1.165) is 0 Å². The van der Waals surface area contributed by atoms with E-state index >= 15 is 0 Å². The lowest BCUT2D eigenvalue weighted by Gasteiger charge is -2.32. The van der Waals surface area contributed by atoms with Crippen LogP contribution in [-0.2, 0) is 9.53 Å². The third-order valence-corrected chi connectivity index (χ3v) is 2.87. The summed E-state index contributed by atoms with van der Waals surface area (Å²) in [7, 11) is 0. The van der Waals surface area contributed by atoms with E-state index in [9.17, 15) is 9.59 Å². The molecule has 0 aromatic rings. The molecule has 7 heteroatoms. The standard InChI is InChI=1S/C11H21N3O4/c1-3-14(9(2)8-10(15)16)11(17)12-13-4-6-18-7-5-13/h9H,3-8H2,1-2H3,(H,12,17)(H,15,16). The summed E-state index contributed by atoms with van der Waals surface area (Å²) in [6, 6.07) is -0.582. The van der Waals surface area contributed by atoms with Crippen molar-refractivity contribution in [3.8, 4) is 0 Å². The first kappa shape index (κ1) is 14.7. The molecule has 0 aromatic carbocycles. The molecule has 104 valence electrons. The molecule has 1 aliphatic heterocycles. The van der Waals surface area contributed by atoms with Crippen molar-refractivity contribution in [2.75, 3.05) is 32.8 Å². The SMILES string of the molecule is CCN(C(=O)NN1CCOCC1)C(C)CC(=O)O. The normalized spacial score (nSPS) is 18.1. The number of nitrogens with one attached hydrogen (secondary N) is 1. The van der Waals surface area contributed by atoms with Crippen LogP contribution in [0.3, 0.4) is 0 Å². The van der Waals surface area contributed by atoms with Gasteiger partial charge >= 0.3 is 12.0 Å². The highest BCUT2D eigenvalue weighted by molar-refractivity contribution is 5.75. The van der Waals surface area contributed by atoms with Gasteiger partial charge in [-0.25, -0.2) is 9.80 Å². The van der Waals surface area contributed by atoms with Crippen LogP contribution in [0.15, 0.2) is 0 Å². The van der Waals surface area contributed by atoms with Crippen LogP contribution in [0.25, 0.3) is 0 Å². The van der Waals surface area contributed by atoms with E-state index in [4.69, 9.17) is 9.84 Å². The van der Waals surface area contributed by atoms with Crippen LogP contribution in [0, 0.1) is 0 Å². The quantitative estimate of drug-likeness (QED) is 0.733. The zero-order chi connectivity index (χ0) is 13.5. The summed E-state index contributed by atoms with van der Waals surface area (Å²) < 4.78 is 5.18. The Morgan fingerprint density at radius 3 is 2.56 bits per heavy atom. The summed E-state index contributed by atoms with van der Waals surface area (Å²) in [5.74, 6) is -0.903. The summed E-state index contributed by atoms with van der Waals surface area (Å²) in [4.78, 5) is 24.2. The smallest absolute Gasteiger partial charge is 0.332 e. The molecule has 2 amide bonds. The van der Waals surface area contributed by atoms with Gasteiger partial charge in [0.05, 0.1) is 19.6 Å². The van der Waals surface area contributed by atoms with Crippen molar-refractivity contribution in [1.29, 1.82) is 0 Å². The van der Waals surface area contributed by atoms with Gasteiger partial charge in [0.25, 0.3) is 0 Å². The average molecular weight is 259 g/mol. The van der Waals surface area contributed by atoms with Crippen molar-refractivity contribution < 1.29 is 19.4 Å². The fourth-order valence-electron chi connectivity index (χ4n) is 1.89. The second-order valence-electron chi connectivity index (χ2n) is 4.25. The average Bonchev–Trinajstić information content (AvgIpc) is 2.30. The number of carboxylic acids is 1. The van der Waals surface area contributed by atoms with Gasteiger partial charge in [0.15, 0.2) is 0 Å². The topological polar surface area (TPSA) is 82.1 Å². The maximum atomic E-state index is 12.0. The minimum absolute atomic E-state index is 0.0512. The molecule has 0 bridgehead atoms. The molecule has 18 heavy (non-hydrogen) atoms. The molecule has 0 saturated carbocycles. The Balaban J connectivity index is 2.47. The van der Waals surface area contributed by atoms with Gasteiger partial charge in [-0.05, 0) is 13.8 Å². The number of carbonyl (C=O) groups is 2. The lowest BCUT2D eigenvalue weighted by molar-refractivity contribution is -0.138. The monoisotopic (exact) mass is 259 g/mol. The number of hydrazine groups is 1. The van der Waals surface area contributed by atoms with Crippen molar-refractivity contribution in [1.82, 2.24) is 15.3 Å². The molecule has 1 aliphatic rings. The van der Waals surface area contributed by atoms with E-state index in [-0.39, 0.29) is 18.5 Å². The molecular formula is C11H21N3O4. The van der Waals surface area contributed by atoms with Crippen LogP contribution in [0.5, 0.6) is 0 Å². The Morgan fingerprint density at radius 1 is 1.44 bits per heavy atom. The zero-order valence-corrected chi connectivity index (χ0v) is 10.9. The lowest BCUT2D eigenvalue weighted by Crippen LogP contribution is -2.54. The van der Waals surface area contributed by atoms with Crippen molar-refractivity contribution in [2.45, 2.75) is 26.3 Å². The number of ether oxygens (including phenoxy) is 1. The molecule has 1 atom stereocenters. The summed E-state index contributed by atoms with van der Waals surface area (Å²) in [6.45, 7) is 6.53. The highest BCUT2D eigenvalue weighted by Crippen LogP contribution is 2.05. The van der Waals surface area contributed by atoms with E-state index in [1.54, 1.807) is 11.9 Å². The summed E-state index contributed by atoms with van der Waals surface area (Å²) in [5, 5.41) is 10.5. The van der Waals surface area contributed by atoms with Gasteiger partial charge < -0.3 is 14.7 Å². The number of carboxylic acid groups (broad SMARTS) is 1. The molecule has 2 N–H and O–H groups in total. The highest BCUT2D eigenvalue weighted by Gasteiger charge is 2.22. The Labute approximate surface area is 107 Å². The molecular weight excluding hydrogens is 238 g/mol. The zero-order valence-electron chi connectivity index (χ0n) is 10.9. The maximum absolute atomic E-state index is 12.0. The molecule has 1 fully saturated rings. The number of hydrogen-bond acceptors (Lipinski definition) is 4. The molecule has 7 nitrogen and oxygen atoms in total. The fourth-order valence-corrected chi connectivity index (χ4v) is 1.89. The number of carbonyl (C=O) groups excluding carboxylic acids is 1.